The van der Waals surface area contributed by atoms with Crippen molar-refractivity contribution in [2.75, 3.05) is 75.9 Å². The van der Waals surface area contributed by atoms with Crippen molar-refractivity contribution in [3.05, 3.63) is 0 Å². The highest BCUT2D eigenvalue weighted by atomic mass is 32.2. The molecular formula is C20H42O4S2. The molecule has 158 valence electrons. The van der Waals surface area contributed by atoms with E-state index in [1.165, 1.54) is 0 Å². The Hall–Kier alpha value is 0.540. The molecule has 0 aliphatic rings. The van der Waals surface area contributed by atoms with Crippen LogP contribution in [0.25, 0.3) is 0 Å². The largest absolute Gasteiger partial charge is 0.381 e. The quantitative estimate of drug-likeness (QED) is 0.257. The summed E-state index contributed by atoms with van der Waals surface area (Å²) < 4.78 is 22.3. The fraction of sp³-hybridized carbons (Fsp3) is 1.00. The van der Waals surface area contributed by atoms with E-state index >= 15 is 0 Å². The zero-order chi connectivity index (χ0) is 19.3. The summed E-state index contributed by atoms with van der Waals surface area (Å²) in [6.45, 7) is 15.2. The van der Waals surface area contributed by atoms with Crippen LogP contribution >= 0.6 is 23.5 Å². The molecule has 0 aliphatic heterocycles. The second-order valence-corrected chi connectivity index (χ2v) is 9.54. The van der Waals surface area contributed by atoms with Crippen LogP contribution in [-0.4, -0.2) is 75.9 Å². The van der Waals surface area contributed by atoms with Crippen molar-refractivity contribution in [3.63, 3.8) is 0 Å². The van der Waals surface area contributed by atoms with Crippen molar-refractivity contribution >= 4 is 23.5 Å². The SMILES string of the molecule is CC(C)COCCCSCCOCCOCCSCCCOCC(C)C. The van der Waals surface area contributed by atoms with E-state index in [1.54, 1.807) is 0 Å². The summed E-state index contributed by atoms with van der Waals surface area (Å²) in [6, 6.07) is 0. The summed E-state index contributed by atoms with van der Waals surface area (Å²) in [5, 5.41) is 0. The molecule has 0 bridgehead atoms. The van der Waals surface area contributed by atoms with Crippen LogP contribution < -0.4 is 0 Å². The third kappa shape index (κ3) is 24.5. The molecular weight excluding hydrogens is 368 g/mol. The molecule has 0 spiro atoms. The number of hydrogen-bond acceptors (Lipinski definition) is 6. The minimum absolute atomic E-state index is 0.631. The summed E-state index contributed by atoms with van der Waals surface area (Å²) >= 11 is 3.87. The molecule has 6 heteroatoms. The van der Waals surface area contributed by atoms with Gasteiger partial charge in [-0.05, 0) is 36.2 Å². The van der Waals surface area contributed by atoms with Crippen LogP contribution in [0.5, 0.6) is 0 Å². The van der Waals surface area contributed by atoms with E-state index in [0.717, 1.165) is 75.5 Å². The van der Waals surface area contributed by atoms with E-state index in [9.17, 15) is 0 Å². The fourth-order valence-corrected chi connectivity index (χ4v) is 3.45. The van der Waals surface area contributed by atoms with E-state index in [1.807, 2.05) is 23.5 Å². The maximum atomic E-state index is 5.58. The Morgan fingerprint density at radius 2 is 0.923 bits per heavy atom. The Kier molecular flexibility index (Phi) is 22.3. The standard InChI is InChI=1S/C20H42O4S2/c1-19(2)17-23-7-5-13-25-15-11-21-9-10-22-12-16-26-14-6-8-24-18-20(3)4/h19-20H,5-18H2,1-4H3. The second-order valence-electron chi connectivity index (χ2n) is 7.09. The third-order valence-corrected chi connectivity index (χ3v) is 5.24. The Morgan fingerprint density at radius 1 is 0.500 bits per heavy atom. The Balaban J connectivity index is 2.99. The molecule has 0 unspecified atom stereocenters. The lowest BCUT2D eigenvalue weighted by Crippen LogP contribution is -2.09. The van der Waals surface area contributed by atoms with Gasteiger partial charge in [-0.1, -0.05) is 27.7 Å². The predicted molar refractivity (Wildman–Crippen MR) is 117 cm³/mol. The van der Waals surface area contributed by atoms with Gasteiger partial charge >= 0.3 is 0 Å². The average Bonchev–Trinajstić information content (AvgIpc) is 2.59. The van der Waals surface area contributed by atoms with Gasteiger partial charge in [0.1, 0.15) is 0 Å². The molecule has 0 aromatic heterocycles. The van der Waals surface area contributed by atoms with Crippen LogP contribution in [-0.2, 0) is 18.9 Å². The highest BCUT2D eigenvalue weighted by molar-refractivity contribution is 7.99. The van der Waals surface area contributed by atoms with Crippen molar-refractivity contribution in [2.45, 2.75) is 40.5 Å². The van der Waals surface area contributed by atoms with Gasteiger partial charge in [0.05, 0.1) is 26.4 Å². The molecule has 0 saturated heterocycles. The van der Waals surface area contributed by atoms with Gasteiger partial charge in [-0.3, -0.25) is 0 Å². The van der Waals surface area contributed by atoms with Crippen molar-refractivity contribution < 1.29 is 18.9 Å². The van der Waals surface area contributed by atoms with Gasteiger partial charge in [0.15, 0.2) is 0 Å². The molecule has 0 N–H and O–H groups in total. The van der Waals surface area contributed by atoms with Gasteiger partial charge < -0.3 is 18.9 Å². The number of hydrogen-bond donors (Lipinski definition) is 0. The summed E-state index contributed by atoms with van der Waals surface area (Å²) in [4.78, 5) is 0. The summed E-state index contributed by atoms with van der Waals surface area (Å²) in [5.74, 6) is 5.67. The molecule has 4 nitrogen and oxygen atoms in total. The smallest absolute Gasteiger partial charge is 0.0700 e. The maximum absolute atomic E-state index is 5.58. The zero-order valence-corrected chi connectivity index (χ0v) is 19.1. The summed E-state index contributed by atoms with van der Waals surface area (Å²) in [6.07, 6.45) is 2.25. The van der Waals surface area contributed by atoms with E-state index in [2.05, 4.69) is 27.7 Å². The Morgan fingerprint density at radius 3 is 1.31 bits per heavy atom. The van der Waals surface area contributed by atoms with Gasteiger partial charge in [-0.15, -0.1) is 0 Å². The highest BCUT2D eigenvalue weighted by Gasteiger charge is 1.96. The van der Waals surface area contributed by atoms with Crippen LogP contribution in [0.4, 0.5) is 0 Å². The van der Waals surface area contributed by atoms with Crippen molar-refractivity contribution in [3.8, 4) is 0 Å². The van der Waals surface area contributed by atoms with Gasteiger partial charge in [0, 0.05) is 37.9 Å². The molecule has 26 heavy (non-hydrogen) atoms. The van der Waals surface area contributed by atoms with Crippen LogP contribution in [0.1, 0.15) is 40.5 Å². The highest BCUT2D eigenvalue weighted by Crippen LogP contribution is 2.04. The molecule has 0 atom stereocenters. The van der Waals surface area contributed by atoms with Crippen molar-refractivity contribution in [1.82, 2.24) is 0 Å². The van der Waals surface area contributed by atoms with Crippen LogP contribution in [0, 0.1) is 11.8 Å². The number of thioether (sulfide) groups is 2. The van der Waals surface area contributed by atoms with Gasteiger partial charge in [-0.25, -0.2) is 0 Å². The lowest BCUT2D eigenvalue weighted by molar-refractivity contribution is 0.0604. The lowest BCUT2D eigenvalue weighted by Gasteiger charge is -2.08. The number of ether oxygens (including phenoxy) is 4. The zero-order valence-electron chi connectivity index (χ0n) is 17.5. The second kappa shape index (κ2) is 21.8. The van der Waals surface area contributed by atoms with Crippen LogP contribution in [0.3, 0.4) is 0 Å². The minimum Gasteiger partial charge on any atom is -0.381 e. The van der Waals surface area contributed by atoms with Crippen LogP contribution in [0.2, 0.25) is 0 Å². The molecule has 0 aliphatic carbocycles. The van der Waals surface area contributed by atoms with Gasteiger partial charge in [-0.2, -0.15) is 23.5 Å². The first kappa shape index (κ1) is 26.5. The molecule has 0 aromatic rings. The van der Waals surface area contributed by atoms with E-state index < -0.39 is 0 Å². The first-order chi connectivity index (χ1) is 12.6. The predicted octanol–water partition coefficient (Wildman–Crippen LogP) is 4.61. The third-order valence-electron chi connectivity index (χ3n) is 3.17. The lowest BCUT2D eigenvalue weighted by atomic mass is 10.2. The van der Waals surface area contributed by atoms with Gasteiger partial charge in [0.2, 0.25) is 0 Å². The maximum Gasteiger partial charge on any atom is 0.0700 e. The van der Waals surface area contributed by atoms with E-state index in [0.29, 0.717) is 25.0 Å². The molecule has 0 amide bonds. The number of rotatable bonds is 21. The van der Waals surface area contributed by atoms with E-state index in [4.69, 9.17) is 18.9 Å². The first-order valence-corrected chi connectivity index (χ1v) is 12.4. The Bertz CT molecular complexity index is 240. The molecule has 0 fully saturated rings. The molecule has 0 aromatic carbocycles. The summed E-state index contributed by atoms with van der Waals surface area (Å²) in [7, 11) is 0. The minimum atomic E-state index is 0.631. The monoisotopic (exact) mass is 410 g/mol. The molecule has 0 saturated carbocycles. The van der Waals surface area contributed by atoms with Crippen LogP contribution in [0.15, 0.2) is 0 Å². The van der Waals surface area contributed by atoms with Crippen molar-refractivity contribution in [1.29, 1.82) is 0 Å². The average molecular weight is 411 g/mol. The first-order valence-electron chi connectivity index (χ1n) is 10.1. The van der Waals surface area contributed by atoms with Crippen molar-refractivity contribution in [2.24, 2.45) is 11.8 Å². The molecule has 0 radical (unpaired) electrons. The normalized spacial score (nSPS) is 11.8. The molecule has 0 rings (SSSR count). The fourth-order valence-electron chi connectivity index (χ4n) is 1.93. The topological polar surface area (TPSA) is 36.9 Å². The van der Waals surface area contributed by atoms with Gasteiger partial charge in [0.25, 0.3) is 0 Å². The van der Waals surface area contributed by atoms with E-state index in [-0.39, 0.29) is 0 Å². The Labute approximate surface area is 170 Å². The summed E-state index contributed by atoms with van der Waals surface area (Å²) in [5.41, 5.74) is 0. The molecule has 0 heterocycles.